The summed E-state index contributed by atoms with van der Waals surface area (Å²) in [7, 11) is 1.54. The molecule has 0 bridgehead atoms. The molecule has 0 aliphatic rings. The van der Waals surface area contributed by atoms with Crippen LogP contribution in [0, 0.1) is 0 Å². The fourth-order valence-corrected chi connectivity index (χ4v) is 2.90. The van der Waals surface area contributed by atoms with Crippen molar-refractivity contribution in [1.29, 1.82) is 0 Å². The molecule has 5 nitrogen and oxygen atoms in total. The number of hydrogen-bond donors (Lipinski definition) is 2. The van der Waals surface area contributed by atoms with Gasteiger partial charge in [0.15, 0.2) is 0 Å². The van der Waals surface area contributed by atoms with Crippen LogP contribution in [0.15, 0.2) is 66.9 Å². The normalized spacial score (nSPS) is 11.5. The molecular formula is C21H20ClN3O2. The van der Waals surface area contributed by atoms with E-state index in [0.717, 1.165) is 5.56 Å². The Hall–Kier alpha value is -3.05. The number of nitrogens with one attached hydrogen (secondary N) is 2. The Labute approximate surface area is 163 Å². The van der Waals surface area contributed by atoms with Crippen LogP contribution in [-0.4, -0.2) is 18.0 Å². The number of rotatable bonds is 6. The third-order valence-electron chi connectivity index (χ3n) is 4.10. The van der Waals surface area contributed by atoms with Gasteiger partial charge in [0, 0.05) is 23.5 Å². The van der Waals surface area contributed by atoms with Crippen LogP contribution < -0.4 is 15.4 Å². The summed E-state index contributed by atoms with van der Waals surface area (Å²) in [5, 5.41) is 6.58. The molecule has 1 unspecified atom stereocenters. The van der Waals surface area contributed by atoms with Gasteiger partial charge in [-0.05, 0) is 42.8 Å². The Morgan fingerprint density at radius 1 is 1.11 bits per heavy atom. The second kappa shape index (κ2) is 8.56. The number of aromatic nitrogens is 1. The third kappa shape index (κ3) is 4.77. The molecule has 1 heterocycles. The first kappa shape index (κ1) is 18.7. The highest BCUT2D eigenvalue weighted by Gasteiger charge is 2.11. The highest BCUT2D eigenvalue weighted by molar-refractivity contribution is 6.32. The predicted octanol–water partition coefficient (Wildman–Crippen LogP) is 5.17. The van der Waals surface area contributed by atoms with E-state index in [1.165, 1.54) is 0 Å². The topological polar surface area (TPSA) is 63.2 Å². The Morgan fingerprint density at radius 3 is 2.59 bits per heavy atom. The maximum absolute atomic E-state index is 12.5. The molecule has 3 aromatic rings. The molecule has 0 saturated carbocycles. The molecule has 1 amide bonds. The molecular weight excluding hydrogens is 362 g/mol. The summed E-state index contributed by atoms with van der Waals surface area (Å²) in [5.41, 5.74) is 2.23. The minimum atomic E-state index is -0.242. The molecule has 6 heteroatoms. The summed E-state index contributed by atoms with van der Waals surface area (Å²) in [5.74, 6) is 0.945. The molecule has 138 valence electrons. The zero-order valence-electron chi connectivity index (χ0n) is 15.1. The van der Waals surface area contributed by atoms with E-state index in [4.69, 9.17) is 16.3 Å². The molecule has 1 aromatic heterocycles. The Balaban J connectivity index is 1.71. The van der Waals surface area contributed by atoms with Gasteiger partial charge in [-0.1, -0.05) is 41.9 Å². The fourth-order valence-electron chi connectivity index (χ4n) is 2.64. The third-order valence-corrected chi connectivity index (χ3v) is 4.39. The second-order valence-electron chi connectivity index (χ2n) is 6.01. The number of benzene rings is 2. The van der Waals surface area contributed by atoms with Gasteiger partial charge in [-0.2, -0.15) is 0 Å². The Kier molecular flexibility index (Phi) is 5.94. The van der Waals surface area contributed by atoms with E-state index < -0.39 is 0 Å². The van der Waals surface area contributed by atoms with Crippen LogP contribution >= 0.6 is 11.6 Å². The number of ether oxygens (including phenoxy) is 1. The summed E-state index contributed by atoms with van der Waals surface area (Å²) in [4.78, 5) is 16.8. The van der Waals surface area contributed by atoms with Crippen LogP contribution in [0.2, 0.25) is 5.02 Å². The monoisotopic (exact) mass is 381 g/mol. The summed E-state index contributed by atoms with van der Waals surface area (Å²) >= 11 is 6.10. The van der Waals surface area contributed by atoms with Crippen LogP contribution in [0.4, 0.5) is 11.5 Å². The highest BCUT2D eigenvalue weighted by atomic mass is 35.5. The van der Waals surface area contributed by atoms with Crippen molar-refractivity contribution in [3.63, 3.8) is 0 Å². The lowest BCUT2D eigenvalue weighted by atomic mass is 10.1. The van der Waals surface area contributed by atoms with Crippen LogP contribution in [0.3, 0.4) is 0 Å². The van der Waals surface area contributed by atoms with Crippen molar-refractivity contribution < 1.29 is 9.53 Å². The van der Waals surface area contributed by atoms with E-state index in [2.05, 4.69) is 15.6 Å². The summed E-state index contributed by atoms with van der Waals surface area (Å²) in [6.07, 6.45) is 1.61. The standard InChI is InChI=1S/C21H20ClN3O2/c1-14(15-6-4-3-5-7-15)24-20-12-16(10-11-23-20)21(26)25-17-8-9-19(27-2)18(22)13-17/h3-14H,1-2H3,(H,23,24)(H,25,26). The van der Waals surface area contributed by atoms with Crippen molar-refractivity contribution in [2.75, 3.05) is 17.7 Å². The van der Waals surface area contributed by atoms with Gasteiger partial charge in [0.1, 0.15) is 11.6 Å². The quantitative estimate of drug-likeness (QED) is 0.618. The average Bonchev–Trinajstić information content (AvgIpc) is 2.69. The zero-order valence-corrected chi connectivity index (χ0v) is 15.8. The number of amides is 1. The van der Waals surface area contributed by atoms with Gasteiger partial charge in [0.25, 0.3) is 5.91 Å². The summed E-state index contributed by atoms with van der Waals surface area (Å²) in [6, 6.07) is 18.6. The molecule has 0 aliphatic heterocycles. The molecule has 0 radical (unpaired) electrons. The number of carbonyl (C=O) groups is 1. The minimum absolute atomic E-state index is 0.0670. The average molecular weight is 382 g/mol. The Morgan fingerprint density at radius 2 is 1.89 bits per heavy atom. The van der Waals surface area contributed by atoms with Gasteiger partial charge in [0.05, 0.1) is 12.1 Å². The number of carbonyl (C=O) groups excluding carboxylic acids is 1. The predicted molar refractivity (Wildman–Crippen MR) is 109 cm³/mol. The molecule has 3 rings (SSSR count). The molecule has 0 spiro atoms. The van der Waals surface area contributed by atoms with E-state index in [1.807, 2.05) is 37.3 Å². The van der Waals surface area contributed by atoms with Gasteiger partial charge >= 0.3 is 0 Å². The smallest absolute Gasteiger partial charge is 0.255 e. The highest BCUT2D eigenvalue weighted by Crippen LogP contribution is 2.27. The maximum atomic E-state index is 12.5. The van der Waals surface area contributed by atoms with Crippen LogP contribution in [0.5, 0.6) is 5.75 Å². The first-order valence-electron chi connectivity index (χ1n) is 8.49. The lowest BCUT2D eigenvalue weighted by Gasteiger charge is -2.15. The lowest BCUT2D eigenvalue weighted by Crippen LogP contribution is -2.13. The van der Waals surface area contributed by atoms with E-state index in [-0.39, 0.29) is 11.9 Å². The molecule has 0 fully saturated rings. The largest absolute Gasteiger partial charge is 0.495 e. The van der Waals surface area contributed by atoms with Crippen molar-refractivity contribution in [1.82, 2.24) is 4.98 Å². The molecule has 2 N–H and O–H groups in total. The number of methoxy groups -OCH3 is 1. The van der Waals surface area contributed by atoms with Gasteiger partial charge < -0.3 is 15.4 Å². The van der Waals surface area contributed by atoms with Crippen molar-refractivity contribution >= 4 is 29.0 Å². The minimum Gasteiger partial charge on any atom is -0.495 e. The van der Waals surface area contributed by atoms with Gasteiger partial charge in [0.2, 0.25) is 0 Å². The van der Waals surface area contributed by atoms with Crippen molar-refractivity contribution in [3.05, 3.63) is 83.0 Å². The van der Waals surface area contributed by atoms with Crippen LogP contribution in [0.25, 0.3) is 0 Å². The SMILES string of the molecule is COc1ccc(NC(=O)c2ccnc(NC(C)c3ccccc3)c2)cc1Cl. The maximum Gasteiger partial charge on any atom is 0.255 e. The first-order chi connectivity index (χ1) is 13.1. The van der Waals surface area contributed by atoms with E-state index in [1.54, 1.807) is 43.6 Å². The van der Waals surface area contributed by atoms with Crippen molar-refractivity contribution in [2.24, 2.45) is 0 Å². The number of nitrogens with zero attached hydrogens (tertiary/aromatic N) is 1. The number of hydrogen-bond acceptors (Lipinski definition) is 4. The zero-order chi connectivity index (χ0) is 19.2. The number of anilines is 2. The van der Waals surface area contributed by atoms with Gasteiger partial charge in [-0.15, -0.1) is 0 Å². The first-order valence-corrected chi connectivity index (χ1v) is 8.87. The second-order valence-corrected chi connectivity index (χ2v) is 6.42. The van der Waals surface area contributed by atoms with E-state index in [9.17, 15) is 4.79 Å². The van der Waals surface area contributed by atoms with Crippen molar-refractivity contribution in [2.45, 2.75) is 13.0 Å². The number of halogens is 1. The summed E-state index contributed by atoms with van der Waals surface area (Å²) in [6.45, 7) is 2.04. The summed E-state index contributed by atoms with van der Waals surface area (Å²) < 4.78 is 5.12. The Bertz CT molecular complexity index is 932. The molecule has 1 atom stereocenters. The van der Waals surface area contributed by atoms with Gasteiger partial charge in [-0.3, -0.25) is 4.79 Å². The van der Waals surface area contributed by atoms with Crippen LogP contribution in [-0.2, 0) is 0 Å². The lowest BCUT2D eigenvalue weighted by molar-refractivity contribution is 0.102. The molecule has 0 aliphatic carbocycles. The molecule has 0 saturated heterocycles. The molecule has 27 heavy (non-hydrogen) atoms. The number of pyridine rings is 1. The van der Waals surface area contributed by atoms with Crippen LogP contribution in [0.1, 0.15) is 28.9 Å². The molecule has 2 aromatic carbocycles. The fraction of sp³-hybridized carbons (Fsp3) is 0.143. The van der Waals surface area contributed by atoms with Crippen molar-refractivity contribution in [3.8, 4) is 5.75 Å². The van der Waals surface area contributed by atoms with Gasteiger partial charge in [-0.25, -0.2) is 4.98 Å². The van der Waals surface area contributed by atoms with E-state index >= 15 is 0 Å². The van der Waals surface area contributed by atoms with E-state index in [0.29, 0.717) is 27.8 Å².